The Labute approximate surface area is 220 Å². The molecule has 1 aliphatic rings. The minimum Gasteiger partial charge on any atom is -0.340 e. The zero-order valence-electron chi connectivity index (χ0n) is 21.4. The maximum Gasteiger partial charge on any atom is 0.254 e. The van der Waals surface area contributed by atoms with Crippen LogP contribution in [0.1, 0.15) is 67.8 Å². The fraction of sp³-hybridized carbons (Fsp3) is 0.517. The highest BCUT2D eigenvalue weighted by atomic mass is 35.5. The molecule has 0 aliphatic carbocycles. The third-order valence-corrected chi connectivity index (χ3v) is 7.04. The summed E-state index contributed by atoms with van der Waals surface area (Å²) in [6.07, 6.45) is 7.76. The number of unbranched alkanes of at least 4 members (excludes halogenated alkanes) is 5. The van der Waals surface area contributed by atoms with Crippen LogP contribution in [0, 0.1) is 5.82 Å². The Morgan fingerprint density at radius 2 is 1.64 bits per heavy atom. The van der Waals surface area contributed by atoms with Crippen LogP contribution in [0.25, 0.3) is 0 Å². The Bertz CT molecular complexity index is 961. The molecule has 1 fully saturated rings. The topological polar surface area (TPSA) is 43.9 Å². The molecule has 0 N–H and O–H groups in total. The molecule has 0 bridgehead atoms. The van der Waals surface area contributed by atoms with E-state index in [0.717, 1.165) is 44.6 Å². The first-order valence-corrected chi connectivity index (χ1v) is 13.6. The van der Waals surface area contributed by atoms with Crippen LogP contribution in [-0.2, 0) is 11.3 Å². The lowest BCUT2D eigenvalue weighted by Gasteiger charge is -2.36. The summed E-state index contributed by atoms with van der Waals surface area (Å²) in [5.74, 6) is -0.135. The second-order valence-corrected chi connectivity index (χ2v) is 10.0. The van der Waals surface area contributed by atoms with Crippen molar-refractivity contribution in [1.82, 2.24) is 14.7 Å². The van der Waals surface area contributed by atoms with Gasteiger partial charge in [0.2, 0.25) is 5.91 Å². The summed E-state index contributed by atoms with van der Waals surface area (Å²) in [6.45, 7) is 6.92. The molecule has 2 aromatic rings. The molecular formula is C29H39ClFN3O2. The first-order chi connectivity index (χ1) is 17.5. The first kappa shape index (κ1) is 28.1. The molecule has 2 aromatic carbocycles. The maximum absolute atomic E-state index is 13.4. The van der Waals surface area contributed by atoms with Gasteiger partial charge in [0, 0.05) is 62.8 Å². The molecule has 1 aliphatic heterocycles. The van der Waals surface area contributed by atoms with Gasteiger partial charge in [-0.15, -0.1) is 0 Å². The molecule has 0 unspecified atom stereocenters. The molecule has 1 heterocycles. The van der Waals surface area contributed by atoms with Gasteiger partial charge in [-0.1, -0.05) is 68.8 Å². The summed E-state index contributed by atoms with van der Waals surface area (Å²) in [7, 11) is 0. The van der Waals surface area contributed by atoms with Crippen molar-refractivity contribution in [2.24, 2.45) is 0 Å². The number of halogens is 2. The third kappa shape index (κ3) is 9.21. The zero-order valence-corrected chi connectivity index (χ0v) is 22.2. The monoisotopic (exact) mass is 515 g/mol. The Kier molecular flexibility index (Phi) is 11.7. The van der Waals surface area contributed by atoms with E-state index in [1.807, 2.05) is 4.90 Å². The fourth-order valence-corrected chi connectivity index (χ4v) is 4.75. The predicted molar refractivity (Wildman–Crippen MR) is 144 cm³/mol. The lowest BCUT2D eigenvalue weighted by molar-refractivity contribution is -0.133. The lowest BCUT2D eigenvalue weighted by atomic mass is 10.1. The average molecular weight is 516 g/mol. The highest BCUT2D eigenvalue weighted by molar-refractivity contribution is 6.30. The second-order valence-electron chi connectivity index (χ2n) is 9.60. The van der Waals surface area contributed by atoms with Crippen LogP contribution in [0.5, 0.6) is 0 Å². The van der Waals surface area contributed by atoms with Crippen LogP contribution in [0.15, 0.2) is 48.5 Å². The van der Waals surface area contributed by atoms with Crippen molar-refractivity contribution < 1.29 is 14.0 Å². The number of rotatable bonds is 13. The molecule has 0 atom stereocenters. The van der Waals surface area contributed by atoms with E-state index < -0.39 is 0 Å². The fourth-order valence-electron chi connectivity index (χ4n) is 4.56. The molecule has 0 radical (unpaired) electrons. The number of piperazine rings is 1. The number of carbonyl (C=O) groups is 2. The summed E-state index contributed by atoms with van der Waals surface area (Å²) < 4.78 is 13.4. The van der Waals surface area contributed by atoms with Crippen LogP contribution in [-0.4, -0.2) is 65.8 Å². The van der Waals surface area contributed by atoms with Gasteiger partial charge in [-0.25, -0.2) is 4.39 Å². The van der Waals surface area contributed by atoms with E-state index in [4.69, 9.17) is 11.6 Å². The minimum atomic E-state index is -0.296. The average Bonchev–Trinajstić information content (AvgIpc) is 2.89. The van der Waals surface area contributed by atoms with Crippen LogP contribution in [0.3, 0.4) is 0 Å². The lowest BCUT2D eigenvalue weighted by Crippen LogP contribution is -2.50. The highest BCUT2D eigenvalue weighted by Gasteiger charge is 2.23. The van der Waals surface area contributed by atoms with Gasteiger partial charge in [0.25, 0.3) is 5.91 Å². The van der Waals surface area contributed by atoms with E-state index in [9.17, 15) is 14.0 Å². The van der Waals surface area contributed by atoms with Crippen molar-refractivity contribution in [3.8, 4) is 0 Å². The molecule has 2 amide bonds. The van der Waals surface area contributed by atoms with Crippen molar-refractivity contribution in [1.29, 1.82) is 0 Å². The van der Waals surface area contributed by atoms with E-state index >= 15 is 0 Å². The van der Waals surface area contributed by atoms with Gasteiger partial charge in [-0.2, -0.15) is 0 Å². The van der Waals surface area contributed by atoms with Gasteiger partial charge in [-0.3, -0.25) is 14.5 Å². The van der Waals surface area contributed by atoms with Gasteiger partial charge in [0.1, 0.15) is 5.82 Å². The second kappa shape index (κ2) is 15.0. The van der Waals surface area contributed by atoms with Gasteiger partial charge >= 0.3 is 0 Å². The molecular weight excluding hydrogens is 477 g/mol. The molecule has 0 saturated carbocycles. The van der Waals surface area contributed by atoms with Gasteiger partial charge in [0.05, 0.1) is 0 Å². The van der Waals surface area contributed by atoms with E-state index in [2.05, 4.69) is 11.8 Å². The minimum absolute atomic E-state index is 0.102. The summed E-state index contributed by atoms with van der Waals surface area (Å²) in [5.41, 5.74) is 1.41. The first-order valence-electron chi connectivity index (χ1n) is 13.3. The largest absolute Gasteiger partial charge is 0.340 e. The Hall–Kier alpha value is -2.44. The molecule has 3 rings (SSSR count). The summed E-state index contributed by atoms with van der Waals surface area (Å²) >= 11 is 6.12. The van der Waals surface area contributed by atoms with Crippen LogP contribution in [0.2, 0.25) is 5.02 Å². The van der Waals surface area contributed by atoms with Gasteiger partial charge in [-0.05, 0) is 42.3 Å². The van der Waals surface area contributed by atoms with Crippen LogP contribution < -0.4 is 0 Å². The summed E-state index contributed by atoms with van der Waals surface area (Å²) in [6, 6.07) is 13.2. The Balaban J connectivity index is 1.49. The normalized spacial score (nSPS) is 14.1. The number of carbonyl (C=O) groups excluding carboxylic acids is 2. The molecule has 0 spiro atoms. The Morgan fingerprint density at radius 1 is 0.944 bits per heavy atom. The van der Waals surface area contributed by atoms with Crippen molar-refractivity contribution in [3.63, 3.8) is 0 Å². The van der Waals surface area contributed by atoms with E-state index in [1.165, 1.54) is 37.8 Å². The van der Waals surface area contributed by atoms with E-state index in [1.54, 1.807) is 41.3 Å². The number of amides is 2. The van der Waals surface area contributed by atoms with E-state index in [0.29, 0.717) is 36.6 Å². The van der Waals surface area contributed by atoms with Gasteiger partial charge in [0.15, 0.2) is 0 Å². The van der Waals surface area contributed by atoms with Crippen molar-refractivity contribution in [2.75, 3.05) is 39.3 Å². The predicted octanol–water partition coefficient (Wildman–Crippen LogP) is 6.02. The zero-order chi connectivity index (χ0) is 25.8. The van der Waals surface area contributed by atoms with Crippen LogP contribution in [0.4, 0.5) is 4.39 Å². The molecule has 7 heteroatoms. The van der Waals surface area contributed by atoms with Crippen LogP contribution >= 0.6 is 11.6 Å². The standard InChI is InChI=1S/C29H39ClFN3O2/c1-2-3-4-5-6-7-11-28(35)33-19-16-32(17-20-33)18-21-34(23-24-12-14-27(31)15-13-24)29(36)25-9-8-10-26(30)22-25/h8-10,12-15,22H,2-7,11,16-21,23H2,1H3. The number of hydrogen-bond donors (Lipinski definition) is 0. The summed E-state index contributed by atoms with van der Waals surface area (Å²) in [5, 5.41) is 0.518. The molecule has 36 heavy (non-hydrogen) atoms. The maximum atomic E-state index is 13.4. The smallest absolute Gasteiger partial charge is 0.254 e. The molecule has 5 nitrogen and oxygen atoms in total. The van der Waals surface area contributed by atoms with Crippen molar-refractivity contribution >= 4 is 23.4 Å². The number of hydrogen-bond acceptors (Lipinski definition) is 3. The quantitative estimate of drug-likeness (QED) is 0.306. The highest BCUT2D eigenvalue weighted by Crippen LogP contribution is 2.16. The number of benzene rings is 2. The van der Waals surface area contributed by atoms with E-state index in [-0.39, 0.29) is 17.6 Å². The van der Waals surface area contributed by atoms with Gasteiger partial charge < -0.3 is 9.80 Å². The molecule has 0 aromatic heterocycles. The van der Waals surface area contributed by atoms with Crippen molar-refractivity contribution in [3.05, 3.63) is 70.5 Å². The third-order valence-electron chi connectivity index (χ3n) is 6.80. The molecule has 1 saturated heterocycles. The molecule has 196 valence electrons. The van der Waals surface area contributed by atoms with Crippen molar-refractivity contribution in [2.45, 2.75) is 58.4 Å². The summed E-state index contributed by atoms with van der Waals surface area (Å²) in [4.78, 5) is 31.9. The number of nitrogens with zero attached hydrogens (tertiary/aromatic N) is 3. The SMILES string of the molecule is CCCCCCCCC(=O)N1CCN(CCN(Cc2ccc(F)cc2)C(=O)c2cccc(Cl)c2)CC1. The Morgan fingerprint density at radius 3 is 2.33 bits per heavy atom.